The third kappa shape index (κ3) is 6.01. The average molecular weight is 332 g/mol. The van der Waals surface area contributed by atoms with Crippen molar-refractivity contribution < 1.29 is 19.2 Å². The highest BCUT2D eigenvalue weighted by atomic mass is 31.1. The van der Waals surface area contributed by atoms with Gasteiger partial charge in [0.25, 0.3) is 0 Å². The Hall–Kier alpha value is -1.90. The summed E-state index contributed by atoms with van der Waals surface area (Å²) in [5.41, 5.74) is 2.04. The van der Waals surface area contributed by atoms with E-state index >= 15 is 0 Å². The van der Waals surface area contributed by atoms with Crippen LogP contribution in [0.25, 0.3) is 0 Å². The van der Waals surface area contributed by atoms with Crippen molar-refractivity contribution in [2.24, 2.45) is 0 Å². The molecule has 4 nitrogen and oxygen atoms in total. The van der Waals surface area contributed by atoms with Crippen LogP contribution >= 0.6 is 7.80 Å². The molecular weight excluding hydrogens is 311 g/mol. The lowest BCUT2D eigenvalue weighted by atomic mass is 10.1. The Bertz CT molecular complexity index is 628. The molecule has 2 rings (SSSR count). The van der Waals surface area contributed by atoms with Crippen molar-refractivity contribution in [1.82, 2.24) is 0 Å². The van der Waals surface area contributed by atoms with Gasteiger partial charge in [0.1, 0.15) is 7.80 Å². The first-order valence-corrected chi connectivity index (χ1v) is 9.31. The minimum absolute atomic E-state index is 0.160. The monoisotopic (exact) mass is 332 g/mol. The van der Waals surface area contributed by atoms with E-state index < -0.39 is 19.6 Å². The first kappa shape index (κ1) is 17.5. The summed E-state index contributed by atoms with van der Waals surface area (Å²) < 4.78 is 17.7. The second-order valence-corrected chi connectivity index (χ2v) is 7.28. The van der Waals surface area contributed by atoms with E-state index in [2.05, 4.69) is 0 Å². The van der Waals surface area contributed by atoms with E-state index in [4.69, 9.17) is 4.74 Å². The lowest BCUT2D eigenvalue weighted by Gasteiger charge is -2.14. The van der Waals surface area contributed by atoms with Gasteiger partial charge in [0.15, 0.2) is 0 Å². The molecule has 1 N–H and O–H groups in total. The van der Waals surface area contributed by atoms with E-state index in [-0.39, 0.29) is 6.61 Å². The molecule has 2 aromatic carbocycles. The predicted molar refractivity (Wildman–Crippen MR) is 91.3 cm³/mol. The van der Waals surface area contributed by atoms with Crippen LogP contribution in [-0.2, 0) is 27.1 Å². The summed E-state index contributed by atoms with van der Waals surface area (Å²) in [6.07, 6.45) is 1.87. The Labute approximate surface area is 136 Å². The summed E-state index contributed by atoms with van der Waals surface area (Å²) in [5.74, 6) is -2.36. The summed E-state index contributed by atoms with van der Waals surface area (Å²) in [6.45, 7) is 0.160. The molecular formula is C18H21O4P. The van der Waals surface area contributed by atoms with Crippen molar-refractivity contribution in [3.05, 3.63) is 71.8 Å². The second kappa shape index (κ2) is 9.29. The van der Waals surface area contributed by atoms with Crippen LogP contribution in [0.4, 0.5) is 0 Å². The van der Waals surface area contributed by atoms with Gasteiger partial charge in [-0.05, 0) is 24.0 Å². The molecule has 2 atom stereocenters. The Morgan fingerprint density at radius 3 is 2.13 bits per heavy atom. The molecule has 0 saturated carbocycles. The maximum Gasteiger partial charge on any atom is 0.340 e. The van der Waals surface area contributed by atoms with Crippen LogP contribution in [0, 0.1) is 0 Å². The molecule has 0 aromatic heterocycles. The van der Waals surface area contributed by atoms with Gasteiger partial charge < -0.3 is 14.4 Å². The van der Waals surface area contributed by atoms with E-state index in [0.29, 0.717) is 12.6 Å². The summed E-state index contributed by atoms with van der Waals surface area (Å²) in [7, 11) is -2.34. The van der Waals surface area contributed by atoms with E-state index in [0.717, 1.165) is 12.0 Å². The molecule has 0 saturated heterocycles. The quantitative estimate of drug-likeness (QED) is 0.709. The number of aryl methyl sites for hydroxylation is 1. The van der Waals surface area contributed by atoms with Gasteiger partial charge in [-0.15, -0.1) is 0 Å². The molecule has 23 heavy (non-hydrogen) atoms. The fraction of sp³-hybridized carbons (Fsp3) is 0.278. The molecule has 0 aliphatic carbocycles. The van der Waals surface area contributed by atoms with Crippen molar-refractivity contribution in [3.8, 4) is 0 Å². The number of hydrogen-bond donors (Lipinski definition) is 1. The van der Waals surface area contributed by atoms with Crippen molar-refractivity contribution in [2.75, 3.05) is 6.16 Å². The number of aliphatic carboxylic acids is 1. The fourth-order valence-corrected chi connectivity index (χ4v) is 3.63. The highest BCUT2D eigenvalue weighted by Crippen LogP contribution is 2.31. The fourth-order valence-electron chi connectivity index (χ4n) is 2.30. The molecule has 0 radical (unpaired) electrons. The molecule has 0 aliphatic heterocycles. The van der Waals surface area contributed by atoms with E-state index in [1.165, 1.54) is 5.56 Å². The molecule has 0 bridgehead atoms. The van der Waals surface area contributed by atoms with Gasteiger partial charge in [0, 0.05) is 6.16 Å². The van der Waals surface area contributed by atoms with Gasteiger partial charge in [-0.25, -0.2) is 4.79 Å². The van der Waals surface area contributed by atoms with Gasteiger partial charge in [-0.3, -0.25) is 0 Å². The minimum atomic E-state index is -2.34. The maximum absolute atomic E-state index is 12.3. The Morgan fingerprint density at radius 1 is 1.00 bits per heavy atom. The highest BCUT2D eigenvalue weighted by molar-refractivity contribution is 7.46. The molecule has 122 valence electrons. The van der Waals surface area contributed by atoms with Crippen LogP contribution in [0.1, 0.15) is 17.5 Å². The molecule has 2 aromatic rings. The molecule has 0 spiro atoms. The van der Waals surface area contributed by atoms with E-state index in [1.54, 1.807) is 0 Å². The molecule has 0 aliphatic rings. The van der Waals surface area contributed by atoms with Crippen LogP contribution in [0.2, 0.25) is 0 Å². The highest BCUT2D eigenvalue weighted by Gasteiger charge is 2.24. The zero-order valence-corrected chi connectivity index (χ0v) is 13.9. The smallest absolute Gasteiger partial charge is 0.340 e. The second-order valence-electron chi connectivity index (χ2n) is 5.32. The van der Waals surface area contributed by atoms with Crippen LogP contribution in [-0.4, -0.2) is 23.1 Å². The molecule has 5 heteroatoms. The number of rotatable bonds is 9. The number of benzene rings is 2. The first-order valence-electron chi connectivity index (χ1n) is 7.62. The first-order chi connectivity index (χ1) is 11.2. The molecule has 0 fully saturated rings. The standard InChI is InChI=1S/C18H21O4P/c19-17(20)18(22-14-16-10-5-2-6-11-16)23(21)13-7-12-15-8-3-1-4-9-15/h1-6,8-11,18,23H,7,12-14H2,(H,19,20). The normalized spacial score (nSPS) is 13.4. The average Bonchev–Trinajstić information content (AvgIpc) is 2.56. The Balaban J connectivity index is 1.82. The maximum atomic E-state index is 12.3. The number of carboxylic acid groups (broad SMARTS) is 1. The Morgan fingerprint density at radius 2 is 1.57 bits per heavy atom. The number of ether oxygens (including phenoxy) is 1. The zero-order valence-electron chi connectivity index (χ0n) is 12.9. The van der Waals surface area contributed by atoms with Gasteiger partial charge in [0.2, 0.25) is 5.85 Å². The number of carboxylic acids is 1. The van der Waals surface area contributed by atoms with Gasteiger partial charge in [0.05, 0.1) is 6.61 Å². The van der Waals surface area contributed by atoms with Gasteiger partial charge in [-0.1, -0.05) is 60.7 Å². The van der Waals surface area contributed by atoms with Crippen molar-refractivity contribution in [2.45, 2.75) is 25.3 Å². The predicted octanol–water partition coefficient (Wildman–Crippen LogP) is 3.81. The Kier molecular flexibility index (Phi) is 7.05. The van der Waals surface area contributed by atoms with Crippen LogP contribution in [0.3, 0.4) is 0 Å². The van der Waals surface area contributed by atoms with Crippen molar-refractivity contribution >= 4 is 13.8 Å². The summed E-state index contributed by atoms with van der Waals surface area (Å²) in [5, 5.41) is 9.24. The topological polar surface area (TPSA) is 63.6 Å². The third-order valence-electron chi connectivity index (χ3n) is 3.51. The van der Waals surface area contributed by atoms with E-state index in [1.807, 2.05) is 60.7 Å². The van der Waals surface area contributed by atoms with Crippen molar-refractivity contribution in [3.63, 3.8) is 0 Å². The lowest BCUT2D eigenvalue weighted by molar-refractivity contribution is -0.145. The van der Waals surface area contributed by atoms with Gasteiger partial charge in [-0.2, -0.15) is 0 Å². The number of carbonyl (C=O) groups is 1. The minimum Gasteiger partial charge on any atom is -0.479 e. The largest absolute Gasteiger partial charge is 0.479 e. The van der Waals surface area contributed by atoms with E-state index in [9.17, 15) is 14.5 Å². The van der Waals surface area contributed by atoms with Crippen LogP contribution in [0.5, 0.6) is 0 Å². The number of hydrogen-bond acceptors (Lipinski definition) is 3. The lowest BCUT2D eigenvalue weighted by Crippen LogP contribution is -2.20. The summed E-state index contributed by atoms with van der Waals surface area (Å²) in [6, 6.07) is 19.2. The van der Waals surface area contributed by atoms with Crippen LogP contribution in [0.15, 0.2) is 60.7 Å². The zero-order chi connectivity index (χ0) is 16.5. The summed E-state index contributed by atoms with van der Waals surface area (Å²) >= 11 is 0. The van der Waals surface area contributed by atoms with Crippen LogP contribution < -0.4 is 0 Å². The molecule has 2 unspecified atom stereocenters. The SMILES string of the molecule is O=C(O)C(OCc1ccccc1)[PH](=O)CCCc1ccccc1. The van der Waals surface area contributed by atoms with Gasteiger partial charge >= 0.3 is 5.97 Å². The van der Waals surface area contributed by atoms with Crippen molar-refractivity contribution in [1.29, 1.82) is 0 Å². The summed E-state index contributed by atoms with van der Waals surface area (Å²) in [4.78, 5) is 11.3. The molecule has 0 amide bonds. The molecule has 0 heterocycles. The third-order valence-corrected chi connectivity index (χ3v) is 5.35.